The first kappa shape index (κ1) is 22.1. The summed E-state index contributed by atoms with van der Waals surface area (Å²) in [6, 6.07) is 18.9. The van der Waals surface area contributed by atoms with E-state index < -0.39 is 16.1 Å². The molecule has 2 aromatic heterocycles. The van der Waals surface area contributed by atoms with E-state index in [9.17, 15) is 13.2 Å². The highest BCUT2D eigenvalue weighted by Crippen LogP contribution is 2.30. The largest absolute Gasteiger partial charge is 0.443 e. The molecule has 5 rings (SSSR count). The fraction of sp³-hybridized carbons (Fsp3) is 0.200. The van der Waals surface area contributed by atoms with E-state index in [4.69, 9.17) is 10.2 Å². The number of hydrogen-bond donors (Lipinski definition) is 2. The van der Waals surface area contributed by atoms with Crippen LogP contribution in [0.2, 0.25) is 0 Å². The third-order valence-corrected chi connectivity index (χ3v) is 7.76. The van der Waals surface area contributed by atoms with Gasteiger partial charge in [-0.05, 0) is 42.7 Å². The van der Waals surface area contributed by atoms with Crippen molar-refractivity contribution in [2.24, 2.45) is 0 Å². The van der Waals surface area contributed by atoms with Crippen LogP contribution in [0.4, 0.5) is 5.69 Å². The monoisotopic (exact) mass is 476 g/mol. The third-order valence-electron chi connectivity index (χ3n) is 6.00. The van der Waals surface area contributed by atoms with E-state index in [2.05, 4.69) is 10.3 Å². The molecule has 0 radical (unpaired) electrons. The molecule has 8 nitrogen and oxygen atoms in total. The number of nitrogens with zero attached hydrogens (tertiary/aromatic N) is 2. The van der Waals surface area contributed by atoms with Crippen LogP contribution in [-0.2, 0) is 21.4 Å². The molecule has 34 heavy (non-hydrogen) atoms. The average Bonchev–Trinajstić information content (AvgIpc) is 3.51. The topological polar surface area (TPSA) is 119 Å². The lowest BCUT2D eigenvalue weighted by Gasteiger charge is -2.22. The molecule has 0 saturated carbocycles. The Labute approximate surface area is 197 Å². The molecule has 174 valence electrons. The maximum Gasteiger partial charge on any atom is 0.277 e. The number of carbonyl (C=O) groups excluding carboxylic acids is 1. The molecule has 1 atom stereocenters. The molecule has 1 aliphatic heterocycles. The van der Waals surface area contributed by atoms with Gasteiger partial charge in [-0.3, -0.25) is 9.78 Å². The summed E-state index contributed by atoms with van der Waals surface area (Å²) in [6.45, 7) is 0.514. The van der Waals surface area contributed by atoms with Crippen LogP contribution in [0.3, 0.4) is 0 Å². The van der Waals surface area contributed by atoms with E-state index >= 15 is 0 Å². The van der Waals surface area contributed by atoms with Crippen LogP contribution in [0.15, 0.2) is 82.4 Å². The maximum absolute atomic E-state index is 13.3. The Hall–Kier alpha value is -3.69. The minimum Gasteiger partial charge on any atom is -0.443 e. The molecular weight excluding hydrogens is 452 g/mol. The Morgan fingerprint density at radius 3 is 2.74 bits per heavy atom. The van der Waals surface area contributed by atoms with Gasteiger partial charge in [-0.15, -0.1) is 0 Å². The first-order chi connectivity index (χ1) is 16.4. The second-order valence-corrected chi connectivity index (χ2v) is 10.1. The summed E-state index contributed by atoms with van der Waals surface area (Å²) in [7, 11) is -3.94. The van der Waals surface area contributed by atoms with Crippen molar-refractivity contribution in [2.45, 2.75) is 30.5 Å². The van der Waals surface area contributed by atoms with Crippen LogP contribution in [0.1, 0.15) is 18.4 Å². The van der Waals surface area contributed by atoms with Crippen LogP contribution in [-0.4, -0.2) is 36.2 Å². The standard InChI is InChI=1S/C25H24N4O4S/c26-20-8-3-2-7-19(20)21-14-17(11-12-27-21)16-28-25(30)22-9-5-13-29(22)34(31,32)24-15-18-6-1-4-10-23(18)33-24/h1-4,6-8,10-12,14-15,22H,5,9,13,16,26H2,(H,28,30). The highest BCUT2D eigenvalue weighted by atomic mass is 32.2. The summed E-state index contributed by atoms with van der Waals surface area (Å²) in [4.78, 5) is 17.4. The molecule has 3 N–H and O–H groups in total. The molecule has 9 heteroatoms. The number of pyridine rings is 1. The van der Waals surface area contributed by atoms with Gasteiger partial charge in [0.1, 0.15) is 11.6 Å². The number of nitrogens with two attached hydrogens (primary N) is 1. The van der Waals surface area contributed by atoms with Crippen LogP contribution in [0.5, 0.6) is 0 Å². The molecular formula is C25H24N4O4S. The van der Waals surface area contributed by atoms with Gasteiger partial charge in [0.05, 0.1) is 5.69 Å². The van der Waals surface area contributed by atoms with Crippen molar-refractivity contribution in [1.82, 2.24) is 14.6 Å². The van der Waals surface area contributed by atoms with Crippen LogP contribution in [0.25, 0.3) is 22.2 Å². The number of furan rings is 1. The average molecular weight is 477 g/mol. The van der Waals surface area contributed by atoms with Crippen molar-refractivity contribution in [3.05, 3.63) is 78.5 Å². The lowest BCUT2D eigenvalue weighted by Crippen LogP contribution is -2.45. The van der Waals surface area contributed by atoms with Crippen molar-refractivity contribution in [3.63, 3.8) is 0 Å². The zero-order valence-corrected chi connectivity index (χ0v) is 19.2. The van der Waals surface area contributed by atoms with Crippen molar-refractivity contribution < 1.29 is 17.6 Å². The molecule has 3 heterocycles. The van der Waals surface area contributed by atoms with Gasteiger partial charge in [0.2, 0.25) is 11.0 Å². The van der Waals surface area contributed by atoms with Gasteiger partial charge in [-0.1, -0.05) is 36.4 Å². The Morgan fingerprint density at radius 2 is 1.91 bits per heavy atom. The third kappa shape index (κ3) is 4.15. The number of carbonyl (C=O) groups is 1. The molecule has 1 fully saturated rings. The number of anilines is 1. The second-order valence-electron chi connectivity index (χ2n) is 8.23. The summed E-state index contributed by atoms with van der Waals surface area (Å²) in [5.41, 5.74) is 9.53. The van der Waals surface area contributed by atoms with Gasteiger partial charge in [-0.25, -0.2) is 8.42 Å². The van der Waals surface area contributed by atoms with E-state index in [0.717, 1.165) is 11.1 Å². The summed E-state index contributed by atoms with van der Waals surface area (Å²) in [6.07, 6.45) is 2.72. The van der Waals surface area contributed by atoms with Gasteiger partial charge in [0, 0.05) is 42.0 Å². The number of fused-ring (bicyclic) bond motifs is 1. The maximum atomic E-state index is 13.3. The minimum atomic E-state index is -3.94. The number of hydrogen-bond acceptors (Lipinski definition) is 6. The normalized spacial score (nSPS) is 16.6. The number of rotatable bonds is 6. The highest BCUT2D eigenvalue weighted by Gasteiger charge is 2.41. The summed E-state index contributed by atoms with van der Waals surface area (Å²) < 4.78 is 33.3. The number of para-hydroxylation sites is 2. The number of nitrogen functional groups attached to an aromatic ring is 1. The molecule has 0 aliphatic carbocycles. The number of benzene rings is 2. The van der Waals surface area contributed by atoms with Crippen LogP contribution in [0, 0.1) is 0 Å². The summed E-state index contributed by atoms with van der Waals surface area (Å²) in [5, 5.41) is 3.44. The lowest BCUT2D eigenvalue weighted by molar-refractivity contribution is -0.124. The zero-order chi connectivity index (χ0) is 23.7. The van der Waals surface area contributed by atoms with Gasteiger partial charge < -0.3 is 15.5 Å². The van der Waals surface area contributed by atoms with E-state index in [-0.39, 0.29) is 24.1 Å². The van der Waals surface area contributed by atoms with Gasteiger partial charge in [0.25, 0.3) is 10.0 Å². The molecule has 0 bridgehead atoms. The predicted molar refractivity (Wildman–Crippen MR) is 129 cm³/mol. The first-order valence-corrected chi connectivity index (χ1v) is 12.5. The van der Waals surface area contributed by atoms with Crippen molar-refractivity contribution >= 4 is 32.6 Å². The Bertz CT molecular complexity index is 1430. The van der Waals surface area contributed by atoms with E-state index in [1.54, 1.807) is 30.5 Å². The Balaban J connectivity index is 1.31. The molecule has 0 spiro atoms. The number of amides is 1. The smallest absolute Gasteiger partial charge is 0.277 e. The van der Waals surface area contributed by atoms with Crippen molar-refractivity contribution in [3.8, 4) is 11.3 Å². The van der Waals surface area contributed by atoms with Crippen molar-refractivity contribution in [1.29, 1.82) is 0 Å². The van der Waals surface area contributed by atoms with E-state index in [1.165, 1.54) is 10.4 Å². The van der Waals surface area contributed by atoms with Gasteiger partial charge in [0.15, 0.2) is 0 Å². The number of nitrogens with one attached hydrogen (secondary N) is 1. The van der Waals surface area contributed by atoms with Crippen LogP contribution < -0.4 is 11.1 Å². The number of sulfonamides is 1. The molecule has 4 aromatic rings. The minimum absolute atomic E-state index is 0.146. The van der Waals surface area contributed by atoms with E-state index in [0.29, 0.717) is 35.2 Å². The quantitative estimate of drug-likeness (QED) is 0.411. The predicted octanol–water partition coefficient (Wildman–Crippen LogP) is 3.55. The molecule has 1 amide bonds. The number of aromatic nitrogens is 1. The highest BCUT2D eigenvalue weighted by molar-refractivity contribution is 7.89. The van der Waals surface area contributed by atoms with E-state index in [1.807, 2.05) is 36.4 Å². The fourth-order valence-corrected chi connectivity index (χ4v) is 5.87. The Kier molecular flexibility index (Phi) is 5.80. The lowest BCUT2D eigenvalue weighted by atomic mass is 10.1. The Morgan fingerprint density at radius 1 is 1.12 bits per heavy atom. The summed E-state index contributed by atoms with van der Waals surface area (Å²) in [5.74, 6) is -0.338. The van der Waals surface area contributed by atoms with Crippen molar-refractivity contribution in [2.75, 3.05) is 12.3 Å². The molecule has 1 aliphatic rings. The van der Waals surface area contributed by atoms with Gasteiger partial charge >= 0.3 is 0 Å². The zero-order valence-electron chi connectivity index (χ0n) is 18.3. The molecule has 1 saturated heterocycles. The SMILES string of the molecule is Nc1ccccc1-c1cc(CNC(=O)C2CCCN2S(=O)(=O)c2cc3ccccc3o2)ccn1. The first-order valence-electron chi connectivity index (χ1n) is 11.0. The van der Waals surface area contributed by atoms with Crippen LogP contribution >= 0.6 is 0 Å². The van der Waals surface area contributed by atoms with Gasteiger partial charge in [-0.2, -0.15) is 4.31 Å². The molecule has 2 aromatic carbocycles. The second kappa shape index (κ2) is 8.92. The fourth-order valence-electron chi connectivity index (χ4n) is 4.26. The summed E-state index contributed by atoms with van der Waals surface area (Å²) >= 11 is 0. The molecule has 1 unspecified atom stereocenters.